The first kappa shape index (κ1) is 19.2. The third-order valence-corrected chi connectivity index (χ3v) is 5.17. The van der Waals surface area contributed by atoms with Gasteiger partial charge in [-0.2, -0.15) is 0 Å². The summed E-state index contributed by atoms with van der Waals surface area (Å²) >= 11 is 0. The van der Waals surface area contributed by atoms with E-state index < -0.39 is 0 Å². The lowest BCUT2D eigenvalue weighted by molar-refractivity contribution is -0.132. The van der Waals surface area contributed by atoms with Crippen molar-refractivity contribution in [3.63, 3.8) is 0 Å². The number of benzene rings is 2. The van der Waals surface area contributed by atoms with E-state index in [9.17, 15) is 9.59 Å². The van der Waals surface area contributed by atoms with Gasteiger partial charge in [0.05, 0.1) is 6.42 Å². The summed E-state index contributed by atoms with van der Waals surface area (Å²) in [5.74, 6) is 0.273. The molecule has 1 N–H and O–H groups in total. The topological polar surface area (TPSA) is 49.4 Å². The Morgan fingerprint density at radius 2 is 1.63 bits per heavy atom. The standard InChI is InChI=1S/C23H28N2O2/c1-18-7-9-19(10-8-18)11-12-23(27)25-15-13-21(14-16-25)24-22(26)17-20-5-3-2-4-6-20/h2-10,21H,11-17H2,1H3,(H,24,26). The van der Waals surface area contributed by atoms with Crippen molar-refractivity contribution < 1.29 is 9.59 Å². The van der Waals surface area contributed by atoms with E-state index in [0.717, 1.165) is 37.9 Å². The minimum Gasteiger partial charge on any atom is -0.353 e. The molecule has 1 fully saturated rings. The van der Waals surface area contributed by atoms with Crippen LogP contribution in [0, 0.1) is 6.92 Å². The fourth-order valence-electron chi connectivity index (χ4n) is 3.50. The van der Waals surface area contributed by atoms with E-state index in [-0.39, 0.29) is 17.9 Å². The molecule has 142 valence electrons. The first-order valence-corrected chi connectivity index (χ1v) is 9.77. The van der Waals surface area contributed by atoms with Gasteiger partial charge in [0.15, 0.2) is 0 Å². The predicted molar refractivity (Wildman–Crippen MR) is 107 cm³/mol. The van der Waals surface area contributed by atoms with Crippen LogP contribution < -0.4 is 5.32 Å². The zero-order valence-electron chi connectivity index (χ0n) is 16.0. The molecule has 0 unspecified atom stereocenters. The summed E-state index contributed by atoms with van der Waals surface area (Å²) in [5, 5.41) is 3.11. The Hall–Kier alpha value is -2.62. The van der Waals surface area contributed by atoms with E-state index in [4.69, 9.17) is 0 Å². The number of carbonyl (C=O) groups excluding carboxylic acids is 2. The molecule has 0 aromatic heterocycles. The minimum absolute atomic E-state index is 0.0605. The van der Waals surface area contributed by atoms with Gasteiger partial charge in [0.2, 0.25) is 11.8 Å². The molecular formula is C23H28N2O2. The van der Waals surface area contributed by atoms with Crippen LogP contribution in [-0.2, 0) is 22.4 Å². The SMILES string of the molecule is Cc1ccc(CCC(=O)N2CCC(NC(=O)Cc3ccccc3)CC2)cc1. The van der Waals surface area contributed by atoms with Crippen LogP contribution in [0.2, 0.25) is 0 Å². The highest BCUT2D eigenvalue weighted by Gasteiger charge is 2.23. The highest BCUT2D eigenvalue weighted by Crippen LogP contribution is 2.14. The highest BCUT2D eigenvalue weighted by molar-refractivity contribution is 5.79. The summed E-state index contributed by atoms with van der Waals surface area (Å²) in [6.07, 6.45) is 3.41. The lowest BCUT2D eigenvalue weighted by atomic mass is 10.0. The molecule has 1 heterocycles. The number of piperidine rings is 1. The Kier molecular flexibility index (Phi) is 6.64. The third-order valence-electron chi connectivity index (χ3n) is 5.17. The van der Waals surface area contributed by atoms with Crippen molar-refractivity contribution in [2.24, 2.45) is 0 Å². The molecule has 0 saturated carbocycles. The molecule has 3 rings (SSSR count). The monoisotopic (exact) mass is 364 g/mol. The molecule has 4 heteroatoms. The first-order valence-electron chi connectivity index (χ1n) is 9.77. The van der Waals surface area contributed by atoms with E-state index in [1.165, 1.54) is 11.1 Å². The molecule has 0 spiro atoms. The fourth-order valence-corrected chi connectivity index (χ4v) is 3.50. The van der Waals surface area contributed by atoms with Gasteiger partial charge in [-0.1, -0.05) is 60.2 Å². The van der Waals surface area contributed by atoms with Gasteiger partial charge in [-0.3, -0.25) is 9.59 Å². The minimum atomic E-state index is 0.0605. The number of aryl methyl sites for hydroxylation is 2. The molecule has 1 aliphatic heterocycles. The van der Waals surface area contributed by atoms with Gasteiger partial charge in [-0.05, 0) is 37.3 Å². The molecule has 0 atom stereocenters. The molecule has 1 aliphatic rings. The summed E-state index contributed by atoms with van der Waals surface area (Å²) < 4.78 is 0. The maximum Gasteiger partial charge on any atom is 0.224 e. The van der Waals surface area contributed by atoms with Gasteiger partial charge in [0, 0.05) is 25.6 Å². The molecule has 2 amide bonds. The van der Waals surface area contributed by atoms with Gasteiger partial charge < -0.3 is 10.2 Å². The van der Waals surface area contributed by atoms with E-state index in [0.29, 0.717) is 12.8 Å². The van der Waals surface area contributed by atoms with Crippen molar-refractivity contribution in [1.29, 1.82) is 0 Å². The maximum absolute atomic E-state index is 12.4. The summed E-state index contributed by atoms with van der Waals surface area (Å²) in [4.78, 5) is 26.6. The van der Waals surface area contributed by atoms with E-state index in [1.54, 1.807) is 0 Å². The van der Waals surface area contributed by atoms with Crippen molar-refractivity contribution in [2.45, 2.75) is 45.1 Å². The van der Waals surface area contributed by atoms with Crippen LogP contribution in [0.5, 0.6) is 0 Å². The second-order valence-electron chi connectivity index (χ2n) is 7.37. The number of amides is 2. The zero-order chi connectivity index (χ0) is 19.1. The Morgan fingerprint density at radius 1 is 0.963 bits per heavy atom. The number of nitrogens with zero attached hydrogens (tertiary/aromatic N) is 1. The van der Waals surface area contributed by atoms with Gasteiger partial charge in [0.25, 0.3) is 0 Å². The van der Waals surface area contributed by atoms with Crippen LogP contribution in [0.1, 0.15) is 36.0 Å². The average Bonchev–Trinajstić information content (AvgIpc) is 2.68. The van der Waals surface area contributed by atoms with Crippen LogP contribution in [0.15, 0.2) is 54.6 Å². The first-order chi connectivity index (χ1) is 13.1. The van der Waals surface area contributed by atoms with Crippen molar-refractivity contribution in [3.05, 3.63) is 71.3 Å². The number of carbonyl (C=O) groups is 2. The Balaban J connectivity index is 1.38. The van der Waals surface area contributed by atoms with Gasteiger partial charge in [-0.15, -0.1) is 0 Å². The lowest BCUT2D eigenvalue weighted by Crippen LogP contribution is -2.46. The largest absolute Gasteiger partial charge is 0.353 e. The van der Waals surface area contributed by atoms with Gasteiger partial charge >= 0.3 is 0 Å². The summed E-state index contributed by atoms with van der Waals surface area (Å²) in [6, 6.07) is 18.3. The Bertz CT molecular complexity index is 748. The van der Waals surface area contributed by atoms with Crippen LogP contribution >= 0.6 is 0 Å². The molecule has 4 nitrogen and oxygen atoms in total. The Morgan fingerprint density at radius 3 is 2.30 bits per heavy atom. The van der Waals surface area contributed by atoms with Crippen molar-refractivity contribution >= 4 is 11.8 Å². The average molecular weight is 364 g/mol. The quantitative estimate of drug-likeness (QED) is 0.855. The van der Waals surface area contributed by atoms with Crippen molar-refractivity contribution in [2.75, 3.05) is 13.1 Å². The number of hydrogen-bond acceptors (Lipinski definition) is 2. The zero-order valence-corrected chi connectivity index (χ0v) is 16.0. The summed E-state index contributed by atoms with van der Waals surface area (Å²) in [7, 11) is 0. The number of nitrogens with one attached hydrogen (secondary N) is 1. The molecule has 27 heavy (non-hydrogen) atoms. The number of rotatable bonds is 6. The highest BCUT2D eigenvalue weighted by atomic mass is 16.2. The maximum atomic E-state index is 12.4. The summed E-state index contributed by atoms with van der Waals surface area (Å²) in [6.45, 7) is 3.52. The molecule has 0 bridgehead atoms. The van der Waals surface area contributed by atoms with Crippen molar-refractivity contribution in [3.8, 4) is 0 Å². The number of hydrogen-bond donors (Lipinski definition) is 1. The molecule has 0 aliphatic carbocycles. The van der Waals surface area contributed by atoms with Crippen LogP contribution in [0.25, 0.3) is 0 Å². The van der Waals surface area contributed by atoms with E-state index in [1.807, 2.05) is 35.2 Å². The molecule has 1 saturated heterocycles. The molecule has 2 aromatic carbocycles. The second-order valence-corrected chi connectivity index (χ2v) is 7.37. The number of likely N-dealkylation sites (tertiary alicyclic amines) is 1. The van der Waals surface area contributed by atoms with Crippen molar-refractivity contribution in [1.82, 2.24) is 10.2 Å². The van der Waals surface area contributed by atoms with E-state index in [2.05, 4.69) is 36.5 Å². The smallest absolute Gasteiger partial charge is 0.224 e. The molecular weight excluding hydrogens is 336 g/mol. The Labute approximate surface area is 161 Å². The molecule has 2 aromatic rings. The summed E-state index contributed by atoms with van der Waals surface area (Å²) in [5.41, 5.74) is 3.47. The normalized spacial score (nSPS) is 14.8. The lowest BCUT2D eigenvalue weighted by Gasteiger charge is -2.32. The molecule has 0 radical (unpaired) electrons. The third kappa shape index (κ3) is 5.95. The fraction of sp³-hybridized carbons (Fsp3) is 0.391. The van der Waals surface area contributed by atoms with Crippen LogP contribution in [0.4, 0.5) is 0 Å². The van der Waals surface area contributed by atoms with Gasteiger partial charge in [-0.25, -0.2) is 0 Å². The van der Waals surface area contributed by atoms with Crippen LogP contribution in [-0.4, -0.2) is 35.8 Å². The second kappa shape index (κ2) is 9.36. The predicted octanol–water partition coefficient (Wildman–Crippen LogP) is 3.28. The van der Waals surface area contributed by atoms with Crippen LogP contribution in [0.3, 0.4) is 0 Å². The van der Waals surface area contributed by atoms with Gasteiger partial charge in [0.1, 0.15) is 0 Å². The van der Waals surface area contributed by atoms with E-state index >= 15 is 0 Å².